The molecular formula is C17H16N2O5. The van der Waals surface area contributed by atoms with Gasteiger partial charge in [-0.05, 0) is 54.7 Å². The van der Waals surface area contributed by atoms with Crippen LogP contribution >= 0.6 is 0 Å². The van der Waals surface area contributed by atoms with Crippen LogP contribution in [0.2, 0.25) is 0 Å². The number of benzene rings is 1. The van der Waals surface area contributed by atoms with Crippen LogP contribution in [0.3, 0.4) is 0 Å². The Morgan fingerprint density at radius 1 is 1.08 bits per heavy atom. The first-order chi connectivity index (χ1) is 11.6. The van der Waals surface area contributed by atoms with Gasteiger partial charge in [-0.1, -0.05) is 6.07 Å². The highest BCUT2D eigenvalue weighted by Gasteiger charge is 2.16. The lowest BCUT2D eigenvalue weighted by molar-refractivity contribution is -0.125. The van der Waals surface area contributed by atoms with Crippen LogP contribution in [-0.4, -0.2) is 24.4 Å². The molecule has 0 saturated heterocycles. The lowest BCUT2D eigenvalue weighted by Gasteiger charge is -2.08. The van der Waals surface area contributed by atoms with Crippen molar-refractivity contribution in [2.75, 3.05) is 6.61 Å². The third-order valence-corrected chi connectivity index (χ3v) is 3.73. The molecule has 1 heterocycles. The third kappa shape index (κ3) is 3.62. The second-order valence-corrected chi connectivity index (χ2v) is 5.39. The van der Waals surface area contributed by atoms with Gasteiger partial charge in [-0.3, -0.25) is 20.4 Å². The van der Waals surface area contributed by atoms with Gasteiger partial charge in [0.25, 0.3) is 5.91 Å². The van der Waals surface area contributed by atoms with Crippen LogP contribution in [0.1, 0.15) is 38.5 Å². The molecular weight excluding hydrogens is 312 g/mol. The first kappa shape index (κ1) is 15.8. The van der Waals surface area contributed by atoms with E-state index >= 15 is 0 Å². The Balaban J connectivity index is 1.45. The lowest BCUT2D eigenvalue weighted by atomic mass is 10.1. The molecule has 0 spiro atoms. The van der Waals surface area contributed by atoms with Crippen molar-refractivity contribution in [1.29, 1.82) is 0 Å². The van der Waals surface area contributed by atoms with Crippen molar-refractivity contribution < 1.29 is 23.5 Å². The predicted molar refractivity (Wildman–Crippen MR) is 83.1 cm³/mol. The second kappa shape index (κ2) is 6.99. The van der Waals surface area contributed by atoms with Gasteiger partial charge in [0.2, 0.25) is 0 Å². The summed E-state index contributed by atoms with van der Waals surface area (Å²) in [7, 11) is 0. The Morgan fingerprint density at radius 2 is 1.92 bits per heavy atom. The number of esters is 1. The number of furan rings is 1. The summed E-state index contributed by atoms with van der Waals surface area (Å²) in [5.74, 6) is -1.76. The molecule has 0 bridgehead atoms. The van der Waals surface area contributed by atoms with Crippen molar-refractivity contribution in [2.24, 2.45) is 0 Å². The molecule has 0 unspecified atom stereocenters. The van der Waals surface area contributed by atoms with E-state index in [1.807, 2.05) is 6.07 Å². The maximum Gasteiger partial charge on any atom is 0.338 e. The van der Waals surface area contributed by atoms with Gasteiger partial charge in [0.1, 0.15) is 0 Å². The molecule has 0 radical (unpaired) electrons. The molecule has 0 aliphatic heterocycles. The molecule has 7 nitrogen and oxygen atoms in total. The second-order valence-electron chi connectivity index (χ2n) is 5.39. The van der Waals surface area contributed by atoms with Crippen LogP contribution in [0.5, 0.6) is 0 Å². The molecule has 3 rings (SSSR count). The number of fused-ring (bicyclic) bond motifs is 1. The van der Waals surface area contributed by atoms with E-state index in [-0.39, 0.29) is 5.76 Å². The number of rotatable bonds is 4. The van der Waals surface area contributed by atoms with Crippen LogP contribution < -0.4 is 10.9 Å². The summed E-state index contributed by atoms with van der Waals surface area (Å²) >= 11 is 0. The van der Waals surface area contributed by atoms with Gasteiger partial charge >= 0.3 is 11.9 Å². The maximum atomic E-state index is 12.0. The van der Waals surface area contributed by atoms with Crippen molar-refractivity contribution in [3.63, 3.8) is 0 Å². The molecule has 1 aliphatic rings. The lowest BCUT2D eigenvalue weighted by Crippen LogP contribution is -2.43. The van der Waals surface area contributed by atoms with Crippen LogP contribution in [0.25, 0.3) is 0 Å². The fourth-order valence-electron chi connectivity index (χ4n) is 2.55. The minimum Gasteiger partial charge on any atom is -0.459 e. The minimum atomic E-state index is -0.649. The zero-order valence-electron chi connectivity index (χ0n) is 12.8. The topological polar surface area (TPSA) is 97.6 Å². The number of hydrogen-bond donors (Lipinski definition) is 2. The molecule has 0 saturated carbocycles. The Bertz CT molecular complexity index is 767. The van der Waals surface area contributed by atoms with E-state index in [1.165, 1.54) is 17.9 Å². The Morgan fingerprint density at radius 3 is 2.71 bits per heavy atom. The number of carbonyl (C=O) groups excluding carboxylic acids is 3. The highest BCUT2D eigenvalue weighted by molar-refractivity contribution is 5.94. The third-order valence-electron chi connectivity index (χ3n) is 3.73. The summed E-state index contributed by atoms with van der Waals surface area (Å²) in [6.07, 6.45) is 4.42. The smallest absolute Gasteiger partial charge is 0.338 e. The molecule has 1 aromatic carbocycles. The zero-order chi connectivity index (χ0) is 16.9. The zero-order valence-corrected chi connectivity index (χ0v) is 12.8. The molecule has 24 heavy (non-hydrogen) atoms. The average Bonchev–Trinajstić information content (AvgIpc) is 3.27. The summed E-state index contributed by atoms with van der Waals surface area (Å²) in [5, 5.41) is 0. The van der Waals surface area contributed by atoms with E-state index in [4.69, 9.17) is 9.15 Å². The Hall–Kier alpha value is -3.09. The molecule has 2 N–H and O–H groups in total. The average molecular weight is 328 g/mol. The van der Waals surface area contributed by atoms with E-state index in [1.54, 1.807) is 18.2 Å². The summed E-state index contributed by atoms with van der Waals surface area (Å²) in [6.45, 7) is -0.492. The summed E-state index contributed by atoms with van der Waals surface area (Å²) in [4.78, 5) is 35.1. The largest absolute Gasteiger partial charge is 0.459 e. The van der Waals surface area contributed by atoms with Gasteiger partial charge in [0.05, 0.1) is 11.8 Å². The van der Waals surface area contributed by atoms with Gasteiger partial charge < -0.3 is 9.15 Å². The highest BCUT2D eigenvalue weighted by Crippen LogP contribution is 2.23. The minimum absolute atomic E-state index is 0.0606. The fraction of sp³-hybridized carbons (Fsp3) is 0.235. The summed E-state index contributed by atoms with van der Waals surface area (Å²) < 4.78 is 9.82. The normalized spacial score (nSPS) is 12.3. The van der Waals surface area contributed by atoms with E-state index < -0.39 is 24.4 Å². The van der Waals surface area contributed by atoms with Crippen LogP contribution in [0.4, 0.5) is 0 Å². The predicted octanol–water partition coefficient (Wildman–Crippen LogP) is 1.39. The van der Waals surface area contributed by atoms with Gasteiger partial charge in [0, 0.05) is 0 Å². The van der Waals surface area contributed by atoms with Crippen LogP contribution in [0.15, 0.2) is 41.0 Å². The summed E-state index contributed by atoms with van der Waals surface area (Å²) in [5.41, 5.74) is 7.13. The molecule has 0 fully saturated rings. The van der Waals surface area contributed by atoms with Crippen LogP contribution in [0, 0.1) is 0 Å². The number of ether oxygens (including phenoxy) is 1. The number of nitrogens with one attached hydrogen (secondary N) is 2. The van der Waals surface area contributed by atoms with Crippen molar-refractivity contribution >= 4 is 17.8 Å². The molecule has 2 amide bonds. The van der Waals surface area contributed by atoms with Crippen molar-refractivity contribution in [3.8, 4) is 0 Å². The number of hydrogen-bond acceptors (Lipinski definition) is 5. The quantitative estimate of drug-likeness (QED) is 0.653. The molecule has 1 aliphatic carbocycles. The van der Waals surface area contributed by atoms with E-state index in [0.29, 0.717) is 5.56 Å². The SMILES string of the molecule is O=C(COC(=O)c1ccc2c(c1)CCC2)NNC(=O)c1ccco1. The maximum absolute atomic E-state index is 12.0. The van der Waals surface area contributed by atoms with Crippen molar-refractivity contribution in [1.82, 2.24) is 10.9 Å². The Kier molecular flexibility index (Phi) is 4.60. The van der Waals surface area contributed by atoms with E-state index in [9.17, 15) is 14.4 Å². The van der Waals surface area contributed by atoms with Gasteiger partial charge in [-0.2, -0.15) is 0 Å². The highest BCUT2D eigenvalue weighted by atomic mass is 16.5. The molecule has 0 atom stereocenters. The standard InChI is InChI=1S/C17H16N2O5/c20-15(18-19-16(21)14-5-2-8-23-14)10-24-17(22)13-7-6-11-3-1-4-12(11)9-13/h2,5-9H,1,3-4,10H2,(H,18,20)(H,19,21). The molecule has 7 heteroatoms. The van der Waals surface area contributed by atoms with Crippen LogP contribution in [-0.2, 0) is 22.4 Å². The Labute approximate surface area is 137 Å². The first-order valence-electron chi connectivity index (χ1n) is 7.55. The first-order valence-corrected chi connectivity index (χ1v) is 7.55. The van der Waals surface area contributed by atoms with E-state index in [0.717, 1.165) is 24.8 Å². The van der Waals surface area contributed by atoms with Crippen molar-refractivity contribution in [2.45, 2.75) is 19.3 Å². The molecule has 2 aromatic rings. The van der Waals surface area contributed by atoms with Gasteiger partial charge in [-0.25, -0.2) is 4.79 Å². The number of aryl methyl sites for hydroxylation is 2. The fourth-order valence-corrected chi connectivity index (χ4v) is 2.55. The number of amides is 2. The molecule has 124 valence electrons. The van der Waals surface area contributed by atoms with Gasteiger partial charge in [0.15, 0.2) is 12.4 Å². The molecule has 1 aromatic heterocycles. The summed E-state index contributed by atoms with van der Waals surface area (Å²) in [6, 6.07) is 8.43. The van der Waals surface area contributed by atoms with Crippen molar-refractivity contribution in [3.05, 3.63) is 59.0 Å². The number of hydrazine groups is 1. The van der Waals surface area contributed by atoms with Gasteiger partial charge in [-0.15, -0.1) is 0 Å². The van der Waals surface area contributed by atoms with E-state index in [2.05, 4.69) is 10.9 Å². The monoisotopic (exact) mass is 328 g/mol. The number of carbonyl (C=O) groups is 3.